The van der Waals surface area contributed by atoms with E-state index < -0.39 is 71.8 Å². The van der Waals surface area contributed by atoms with Gasteiger partial charge in [0.05, 0.1) is 49.0 Å². The van der Waals surface area contributed by atoms with Crippen molar-refractivity contribution in [2.75, 3.05) is 34.9 Å². The molecule has 5 heterocycles. The minimum absolute atomic E-state index is 0.00334. The average molecular weight is 828 g/mol. The van der Waals surface area contributed by atoms with E-state index in [4.69, 9.17) is 33.2 Å². The Bertz CT molecular complexity index is 1770. The number of pyridine rings is 1. The number of ketones is 2. The van der Waals surface area contributed by atoms with Crippen LogP contribution in [0.2, 0.25) is 0 Å². The Morgan fingerprint density at radius 1 is 1.07 bits per heavy atom. The summed E-state index contributed by atoms with van der Waals surface area (Å²) < 4.78 is 43.4. The zero-order chi connectivity index (χ0) is 43.1. The van der Waals surface area contributed by atoms with Crippen LogP contribution in [0.4, 0.5) is 9.59 Å². The van der Waals surface area contributed by atoms with Crippen LogP contribution in [-0.2, 0) is 54.1 Å². The minimum atomic E-state index is -1.38. The molecule has 0 saturated carbocycles. The molecule has 326 valence electrons. The van der Waals surface area contributed by atoms with Gasteiger partial charge >= 0.3 is 18.2 Å². The number of aryl methyl sites for hydroxylation is 1. The molecule has 3 aliphatic rings. The lowest BCUT2D eigenvalue weighted by molar-refractivity contribution is -0.289. The van der Waals surface area contributed by atoms with Crippen LogP contribution >= 0.6 is 0 Å². The number of cyclic esters (lactones) is 1. The fourth-order valence-electron chi connectivity index (χ4n) is 8.25. The lowest BCUT2D eigenvalue weighted by Crippen LogP contribution is -2.58. The Labute approximate surface area is 346 Å². The van der Waals surface area contributed by atoms with Gasteiger partial charge in [0.1, 0.15) is 23.6 Å². The maximum atomic E-state index is 14.1. The predicted molar refractivity (Wildman–Crippen MR) is 212 cm³/mol. The van der Waals surface area contributed by atoms with Crippen molar-refractivity contribution in [2.45, 2.75) is 147 Å². The van der Waals surface area contributed by atoms with Gasteiger partial charge < -0.3 is 47.5 Å². The Balaban J connectivity index is 1.38. The zero-order valence-electron chi connectivity index (χ0n) is 35.8. The van der Waals surface area contributed by atoms with Crippen molar-refractivity contribution in [2.24, 2.45) is 5.92 Å². The lowest BCUT2D eigenvalue weighted by atomic mass is 9.82. The molecule has 3 saturated heterocycles. The van der Waals surface area contributed by atoms with E-state index in [0.717, 1.165) is 11.3 Å². The first-order valence-corrected chi connectivity index (χ1v) is 20.5. The molecule has 0 aliphatic carbocycles. The number of rotatable bonds is 12. The number of likely N-dealkylation sites (N-methyl/N-ethyl adjacent to an activating group) is 1. The van der Waals surface area contributed by atoms with Crippen LogP contribution in [0.25, 0.3) is 11.3 Å². The number of methoxy groups -OCH3 is 2. The van der Waals surface area contributed by atoms with Gasteiger partial charge in [-0.3, -0.25) is 19.4 Å². The van der Waals surface area contributed by atoms with Crippen molar-refractivity contribution < 1.29 is 57.1 Å². The van der Waals surface area contributed by atoms with Gasteiger partial charge in [0, 0.05) is 63.6 Å². The summed E-state index contributed by atoms with van der Waals surface area (Å²) in [6.45, 7) is 9.49. The van der Waals surface area contributed by atoms with Crippen molar-refractivity contribution in [3.8, 4) is 11.3 Å². The molecule has 0 spiro atoms. The second kappa shape index (κ2) is 19.7. The highest BCUT2D eigenvalue weighted by Gasteiger charge is 2.57. The molecular weight excluding hydrogens is 766 g/mol. The number of aromatic nitrogens is 3. The predicted octanol–water partition coefficient (Wildman–Crippen LogP) is 4.98. The standard InChI is InChI=1S/C42H61N5O12/c1-10-34-42(5)33(47(39(51)59-42)19-12-11-18-46-24-30(44-25-46)28-14-13-17-43-23-28)21-29(48)15-16-41(4,54-9)35(22-32(49)27(3)37(50)56-34)57-38-36(58-40(52)53-8)31(45(6)7)20-26(2)55-38/h13-14,17,23-27,31,33-36,38H,10-12,15-16,18-22H2,1-9H3/t26-,27-,31+,33-,34-,35-,36-,38+,41-,42+/m1/s1. The first-order valence-electron chi connectivity index (χ1n) is 20.5. The topological polar surface area (TPSA) is 187 Å². The highest BCUT2D eigenvalue weighted by molar-refractivity contribution is 5.99. The van der Waals surface area contributed by atoms with Crippen LogP contribution in [-0.4, -0.2) is 143 Å². The number of hydrogen-bond donors (Lipinski definition) is 0. The zero-order valence-corrected chi connectivity index (χ0v) is 35.8. The SMILES string of the molecule is CC[C@H]1OC(=O)[C@H](C)C(=O)C[C@@H](O[C@@H]2O[C@H](C)C[C@H](N(C)C)[C@H]2OC(=O)OC)[C@](C)(OC)CCC(=O)C[C@H]2N(CCCCn3cnc(-c4cccnc4)c3)C(=O)O[C@]12C. The van der Waals surface area contributed by atoms with E-state index in [1.54, 1.807) is 44.4 Å². The van der Waals surface area contributed by atoms with Gasteiger partial charge in [-0.15, -0.1) is 0 Å². The molecule has 3 fully saturated rings. The van der Waals surface area contributed by atoms with Crippen LogP contribution in [0.3, 0.4) is 0 Å². The molecule has 17 heteroatoms. The summed E-state index contributed by atoms with van der Waals surface area (Å²) in [6, 6.07) is 2.69. The lowest BCUT2D eigenvalue weighted by Gasteiger charge is -2.45. The fraction of sp³-hybridized carbons (Fsp3) is 0.690. The van der Waals surface area contributed by atoms with E-state index >= 15 is 0 Å². The number of imidazole rings is 1. The van der Waals surface area contributed by atoms with Crippen LogP contribution < -0.4 is 0 Å². The number of hydrogen-bond acceptors (Lipinski definition) is 15. The van der Waals surface area contributed by atoms with Gasteiger partial charge in [0.25, 0.3) is 0 Å². The summed E-state index contributed by atoms with van der Waals surface area (Å²) in [6.07, 6.45) is 2.96. The van der Waals surface area contributed by atoms with Gasteiger partial charge in [-0.25, -0.2) is 14.6 Å². The van der Waals surface area contributed by atoms with Crippen LogP contribution in [0.5, 0.6) is 0 Å². The Morgan fingerprint density at radius 3 is 2.47 bits per heavy atom. The van der Waals surface area contributed by atoms with E-state index in [1.807, 2.05) is 48.8 Å². The first kappa shape index (κ1) is 45.6. The molecule has 0 aromatic carbocycles. The monoisotopic (exact) mass is 827 g/mol. The first-order chi connectivity index (χ1) is 28.0. The van der Waals surface area contributed by atoms with Crippen molar-refractivity contribution in [1.82, 2.24) is 24.3 Å². The maximum Gasteiger partial charge on any atom is 0.508 e. The Morgan fingerprint density at radius 2 is 1.81 bits per heavy atom. The summed E-state index contributed by atoms with van der Waals surface area (Å²) in [5.41, 5.74) is -0.933. The Hall–Kier alpha value is -4.45. The second-order valence-corrected chi connectivity index (χ2v) is 16.4. The van der Waals surface area contributed by atoms with Crippen molar-refractivity contribution >= 4 is 29.8 Å². The van der Waals surface area contributed by atoms with Crippen LogP contribution in [0.15, 0.2) is 37.1 Å². The number of nitrogens with zero attached hydrogens (tertiary/aromatic N) is 5. The molecule has 17 nitrogen and oxygen atoms in total. The molecule has 5 rings (SSSR count). The molecule has 10 atom stereocenters. The molecule has 0 unspecified atom stereocenters. The molecule has 2 aromatic heterocycles. The maximum absolute atomic E-state index is 14.1. The van der Waals surface area contributed by atoms with Gasteiger partial charge in [0.15, 0.2) is 18.0 Å². The number of carbonyl (C=O) groups is 5. The van der Waals surface area contributed by atoms with Crippen LogP contribution in [0.1, 0.15) is 86.0 Å². The summed E-state index contributed by atoms with van der Waals surface area (Å²) in [7, 11) is 6.35. The minimum Gasteiger partial charge on any atom is -0.458 e. The van der Waals surface area contributed by atoms with E-state index in [-0.39, 0.29) is 50.0 Å². The normalized spacial score (nSPS) is 32.3. The third-order valence-electron chi connectivity index (χ3n) is 12.1. The molecular formula is C42H61N5O12. The molecule has 2 aromatic rings. The smallest absolute Gasteiger partial charge is 0.458 e. The third-order valence-corrected chi connectivity index (χ3v) is 12.1. The van der Waals surface area contributed by atoms with Crippen molar-refractivity contribution in [3.05, 3.63) is 37.1 Å². The quantitative estimate of drug-likeness (QED) is 0.121. The van der Waals surface area contributed by atoms with E-state index in [1.165, 1.54) is 21.1 Å². The molecule has 0 bridgehead atoms. The number of esters is 1. The van der Waals surface area contributed by atoms with Crippen molar-refractivity contribution in [3.63, 3.8) is 0 Å². The second-order valence-electron chi connectivity index (χ2n) is 16.4. The molecule has 1 amide bonds. The van der Waals surface area contributed by atoms with E-state index in [2.05, 4.69) is 9.97 Å². The molecule has 59 heavy (non-hydrogen) atoms. The average Bonchev–Trinajstić information content (AvgIpc) is 3.78. The summed E-state index contributed by atoms with van der Waals surface area (Å²) >= 11 is 0. The largest absolute Gasteiger partial charge is 0.508 e. The van der Waals surface area contributed by atoms with Gasteiger partial charge in [-0.05, 0) is 86.0 Å². The fourth-order valence-corrected chi connectivity index (χ4v) is 8.25. The number of unbranched alkanes of at least 4 members (excludes halogenated alkanes) is 1. The van der Waals surface area contributed by atoms with Crippen LogP contribution in [0, 0.1) is 5.92 Å². The Kier molecular flexibility index (Phi) is 15.3. The number of fused-ring (bicyclic) bond motifs is 1. The van der Waals surface area contributed by atoms with Crippen molar-refractivity contribution in [1.29, 1.82) is 0 Å². The highest BCUT2D eigenvalue weighted by atomic mass is 16.8. The van der Waals surface area contributed by atoms with E-state index in [9.17, 15) is 24.0 Å². The number of ether oxygens (including phenoxy) is 7. The number of carbonyl (C=O) groups excluding carboxylic acids is 5. The number of amides is 1. The molecule has 0 N–H and O–H groups in total. The van der Waals surface area contributed by atoms with Gasteiger partial charge in [-0.2, -0.15) is 0 Å². The summed E-state index contributed by atoms with van der Waals surface area (Å²) in [5.74, 6) is -2.73. The molecule has 0 radical (unpaired) electrons. The third kappa shape index (κ3) is 10.7. The molecule has 3 aliphatic heterocycles. The highest BCUT2D eigenvalue weighted by Crippen LogP contribution is 2.40. The van der Waals surface area contributed by atoms with E-state index in [0.29, 0.717) is 32.4 Å². The van der Waals surface area contributed by atoms with Gasteiger partial charge in [-0.1, -0.05) is 6.92 Å². The van der Waals surface area contributed by atoms with Gasteiger partial charge in [0.2, 0.25) is 0 Å². The number of Topliss-reactive ketones (excluding diaryl/α,β-unsaturated/α-hetero) is 2. The summed E-state index contributed by atoms with van der Waals surface area (Å²) in [4.78, 5) is 80.1. The summed E-state index contributed by atoms with van der Waals surface area (Å²) in [5, 5.41) is 0.